The summed E-state index contributed by atoms with van der Waals surface area (Å²) in [5, 5.41) is 14.0. The van der Waals surface area contributed by atoms with Gasteiger partial charge in [-0.2, -0.15) is 0 Å². The number of carboxylic acids is 1. The Labute approximate surface area is 80.1 Å². The van der Waals surface area contributed by atoms with Crippen molar-refractivity contribution in [2.45, 2.75) is 25.7 Å². The molecule has 1 atom stereocenters. The highest BCUT2D eigenvalue weighted by atomic mass is 16.4. The predicted octanol–water partition coefficient (Wildman–Crippen LogP) is 0.283. The number of hydrogen-bond acceptors (Lipinski definition) is 2. The highest BCUT2D eigenvalue weighted by Crippen LogP contribution is 2.23. The minimum atomic E-state index is -0.767. The van der Waals surface area contributed by atoms with Crippen molar-refractivity contribution < 1.29 is 9.90 Å². The smallest absolute Gasteiger partial charge is 0.303 e. The lowest BCUT2D eigenvalue weighted by atomic mass is 9.86. The quantitative estimate of drug-likeness (QED) is 0.635. The second-order valence-electron chi connectivity index (χ2n) is 3.74. The molecule has 76 valence electrons. The molecule has 0 amide bonds. The summed E-state index contributed by atoms with van der Waals surface area (Å²) < 4.78 is 0. The van der Waals surface area contributed by atoms with Crippen molar-refractivity contribution in [2.24, 2.45) is 5.92 Å². The topological polar surface area (TPSA) is 85.9 Å². The van der Waals surface area contributed by atoms with Crippen molar-refractivity contribution in [1.29, 1.82) is 0 Å². The molecule has 0 radical (unpaired) electrons. The zero-order chi connectivity index (χ0) is 10.1. The van der Waals surface area contributed by atoms with Gasteiger partial charge in [0.2, 0.25) is 0 Å². The van der Waals surface area contributed by atoms with E-state index in [4.69, 9.17) is 5.11 Å². The van der Waals surface area contributed by atoms with Gasteiger partial charge in [-0.15, -0.1) is 0 Å². The first-order valence-corrected chi connectivity index (χ1v) is 4.67. The molecule has 0 spiro atoms. The van der Waals surface area contributed by atoms with Gasteiger partial charge in [0.25, 0.3) is 5.56 Å². The van der Waals surface area contributed by atoms with Crippen LogP contribution in [0.1, 0.15) is 24.1 Å². The van der Waals surface area contributed by atoms with Crippen molar-refractivity contribution in [3.8, 4) is 0 Å². The van der Waals surface area contributed by atoms with Crippen molar-refractivity contribution in [3.63, 3.8) is 0 Å². The van der Waals surface area contributed by atoms with E-state index in [1.807, 2.05) is 0 Å². The van der Waals surface area contributed by atoms with E-state index < -0.39 is 5.97 Å². The molecule has 0 bridgehead atoms. The largest absolute Gasteiger partial charge is 0.481 e. The normalized spacial score (nSPS) is 20.4. The molecule has 0 fully saturated rings. The SMILES string of the molecule is O=C(O)CC1CCc2c([nH][nH]c2=O)C1. The average molecular weight is 196 g/mol. The van der Waals surface area contributed by atoms with Gasteiger partial charge in [0.05, 0.1) is 0 Å². The maximum atomic E-state index is 11.2. The van der Waals surface area contributed by atoms with Gasteiger partial charge < -0.3 is 10.2 Å². The molecule has 1 aliphatic rings. The predicted molar refractivity (Wildman–Crippen MR) is 49.2 cm³/mol. The monoisotopic (exact) mass is 196 g/mol. The number of hydrogen-bond donors (Lipinski definition) is 3. The minimum absolute atomic E-state index is 0.0613. The van der Waals surface area contributed by atoms with E-state index in [1.165, 1.54) is 0 Å². The maximum Gasteiger partial charge on any atom is 0.303 e. The maximum absolute atomic E-state index is 11.2. The second kappa shape index (κ2) is 3.32. The van der Waals surface area contributed by atoms with Crippen LogP contribution in [0.25, 0.3) is 0 Å². The van der Waals surface area contributed by atoms with Gasteiger partial charge in [-0.25, -0.2) is 0 Å². The van der Waals surface area contributed by atoms with E-state index in [2.05, 4.69) is 10.2 Å². The number of carboxylic acid groups (broad SMARTS) is 1. The lowest BCUT2D eigenvalue weighted by Crippen LogP contribution is -2.20. The molecular weight excluding hydrogens is 184 g/mol. The highest BCUT2D eigenvalue weighted by molar-refractivity contribution is 5.67. The molecular formula is C9H12N2O3. The minimum Gasteiger partial charge on any atom is -0.481 e. The average Bonchev–Trinajstić information content (AvgIpc) is 2.46. The molecule has 1 unspecified atom stereocenters. The molecule has 1 aliphatic carbocycles. The molecule has 0 aromatic carbocycles. The summed E-state index contributed by atoms with van der Waals surface area (Å²) in [6.45, 7) is 0. The second-order valence-corrected chi connectivity index (χ2v) is 3.74. The van der Waals surface area contributed by atoms with E-state index in [-0.39, 0.29) is 17.9 Å². The van der Waals surface area contributed by atoms with Crippen LogP contribution in [0, 0.1) is 5.92 Å². The lowest BCUT2D eigenvalue weighted by Gasteiger charge is -2.18. The summed E-state index contributed by atoms with van der Waals surface area (Å²) in [7, 11) is 0. The van der Waals surface area contributed by atoms with Crippen LogP contribution < -0.4 is 5.56 Å². The zero-order valence-corrected chi connectivity index (χ0v) is 7.67. The molecule has 1 heterocycles. The Kier molecular flexibility index (Phi) is 2.15. The molecule has 1 aromatic heterocycles. The number of nitrogens with one attached hydrogen (secondary N) is 2. The summed E-state index contributed by atoms with van der Waals surface area (Å²) in [5.74, 6) is -0.609. The van der Waals surface area contributed by atoms with Gasteiger partial charge >= 0.3 is 5.97 Å². The van der Waals surface area contributed by atoms with Gasteiger partial charge in [0.1, 0.15) is 0 Å². The van der Waals surface area contributed by atoms with Crippen LogP contribution in [-0.2, 0) is 17.6 Å². The number of aliphatic carboxylic acids is 1. The van der Waals surface area contributed by atoms with E-state index in [0.29, 0.717) is 12.8 Å². The summed E-state index contributed by atoms with van der Waals surface area (Å²) in [4.78, 5) is 21.7. The fourth-order valence-corrected chi connectivity index (χ4v) is 2.02. The Balaban J connectivity index is 2.14. The highest BCUT2D eigenvalue weighted by Gasteiger charge is 2.23. The summed E-state index contributed by atoms with van der Waals surface area (Å²) >= 11 is 0. The van der Waals surface area contributed by atoms with Crippen molar-refractivity contribution >= 4 is 5.97 Å². The zero-order valence-electron chi connectivity index (χ0n) is 7.67. The van der Waals surface area contributed by atoms with Crippen LogP contribution in [0.2, 0.25) is 0 Å². The first-order chi connectivity index (χ1) is 6.66. The van der Waals surface area contributed by atoms with Crippen LogP contribution in [-0.4, -0.2) is 21.3 Å². The number of rotatable bonds is 2. The Morgan fingerprint density at radius 3 is 3.00 bits per heavy atom. The first-order valence-electron chi connectivity index (χ1n) is 4.67. The van der Waals surface area contributed by atoms with Crippen molar-refractivity contribution in [3.05, 3.63) is 21.6 Å². The third-order valence-corrected chi connectivity index (χ3v) is 2.72. The fraction of sp³-hybridized carbons (Fsp3) is 0.556. The molecule has 0 saturated carbocycles. The summed E-state index contributed by atoms with van der Waals surface area (Å²) in [6.07, 6.45) is 2.33. The Hall–Kier alpha value is -1.52. The molecule has 0 aliphatic heterocycles. The number of aromatic amines is 2. The summed E-state index contributed by atoms with van der Waals surface area (Å²) in [6, 6.07) is 0. The molecule has 14 heavy (non-hydrogen) atoms. The number of carbonyl (C=O) groups is 1. The van der Waals surface area contributed by atoms with Crippen molar-refractivity contribution in [1.82, 2.24) is 10.2 Å². The van der Waals surface area contributed by atoms with Gasteiger partial charge in [-0.3, -0.25) is 14.7 Å². The lowest BCUT2D eigenvalue weighted by molar-refractivity contribution is -0.138. The number of aromatic nitrogens is 2. The van der Waals surface area contributed by atoms with Crippen LogP contribution in [0.5, 0.6) is 0 Å². The number of fused-ring (bicyclic) bond motifs is 1. The van der Waals surface area contributed by atoms with Gasteiger partial charge in [-0.1, -0.05) is 0 Å². The third kappa shape index (κ3) is 1.57. The molecule has 2 rings (SSSR count). The molecule has 0 saturated heterocycles. The van der Waals surface area contributed by atoms with E-state index in [0.717, 1.165) is 17.7 Å². The van der Waals surface area contributed by atoms with E-state index in [9.17, 15) is 9.59 Å². The van der Waals surface area contributed by atoms with Gasteiger partial charge in [-0.05, 0) is 25.2 Å². The number of H-pyrrole nitrogens is 2. The van der Waals surface area contributed by atoms with Crippen LogP contribution >= 0.6 is 0 Å². The van der Waals surface area contributed by atoms with E-state index in [1.54, 1.807) is 0 Å². The molecule has 1 aromatic rings. The van der Waals surface area contributed by atoms with Crippen LogP contribution in [0.15, 0.2) is 4.79 Å². The third-order valence-electron chi connectivity index (χ3n) is 2.72. The standard InChI is InChI=1S/C9H12N2O3/c12-8(13)4-5-1-2-6-7(3-5)10-11-9(6)14/h5H,1-4H2,(H,12,13)(H2,10,11,14). The van der Waals surface area contributed by atoms with E-state index >= 15 is 0 Å². The summed E-state index contributed by atoms with van der Waals surface area (Å²) in [5.41, 5.74) is 1.62. The fourth-order valence-electron chi connectivity index (χ4n) is 2.02. The Morgan fingerprint density at radius 1 is 1.50 bits per heavy atom. The van der Waals surface area contributed by atoms with Crippen LogP contribution in [0.4, 0.5) is 0 Å². The Morgan fingerprint density at radius 2 is 2.29 bits per heavy atom. The van der Waals surface area contributed by atoms with Gasteiger partial charge in [0.15, 0.2) is 0 Å². The van der Waals surface area contributed by atoms with Crippen molar-refractivity contribution in [2.75, 3.05) is 0 Å². The van der Waals surface area contributed by atoms with Gasteiger partial charge in [0, 0.05) is 17.7 Å². The first kappa shape index (κ1) is 9.05. The Bertz CT molecular complexity index is 404. The molecule has 5 nitrogen and oxygen atoms in total. The molecule has 3 N–H and O–H groups in total. The molecule has 5 heteroatoms. The van der Waals surface area contributed by atoms with Crippen LogP contribution in [0.3, 0.4) is 0 Å².